The van der Waals surface area contributed by atoms with Crippen molar-refractivity contribution in [3.05, 3.63) is 35.4 Å². The second-order valence-corrected chi connectivity index (χ2v) is 7.90. The van der Waals surface area contributed by atoms with Gasteiger partial charge in [0.2, 0.25) is 0 Å². The molecule has 3 nitrogen and oxygen atoms in total. The zero-order chi connectivity index (χ0) is 12.6. The lowest BCUT2D eigenvalue weighted by Gasteiger charge is -2.17. The largest absolute Gasteiger partial charge is 0.271 e. The fourth-order valence-corrected chi connectivity index (χ4v) is 3.02. The molecule has 0 N–H and O–H groups in total. The number of hydrogen-bond acceptors (Lipinski definition) is 3. The summed E-state index contributed by atoms with van der Waals surface area (Å²) in [7, 11) is 0. The quantitative estimate of drug-likeness (QED) is 0.443. The van der Waals surface area contributed by atoms with Crippen LogP contribution in [0.1, 0.15) is 20.7 Å². The molecule has 2 rings (SSSR count). The van der Waals surface area contributed by atoms with Crippen molar-refractivity contribution in [1.82, 2.24) is 4.31 Å². The molecule has 2 atom stereocenters. The third-order valence-electron chi connectivity index (χ3n) is 2.16. The summed E-state index contributed by atoms with van der Waals surface area (Å²) in [5, 5.41) is 0. The van der Waals surface area contributed by atoms with Gasteiger partial charge < -0.3 is 0 Å². The van der Waals surface area contributed by atoms with Crippen molar-refractivity contribution in [3.63, 3.8) is 0 Å². The molecule has 2 unspecified atom stereocenters. The Labute approximate surface area is 124 Å². The fourth-order valence-electron chi connectivity index (χ4n) is 1.41. The van der Waals surface area contributed by atoms with Gasteiger partial charge in [0.05, 0.1) is 11.1 Å². The summed E-state index contributed by atoms with van der Waals surface area (Å²) < 4.78 is 0.476. The van der Waals surface area contributed by atoms with Gasteiger partial charge in [0, 0.05) is 0 Å². The van der Waals surface area contributed by atoms with E-state index in [1.165, 1.54) is 0 Å². The molecule has 1 heterocycles. The lowest BCUT2D eigenvalue weighted by atomic mass is 10.1. The van der Waals surface area contributed by atoms with E-state index in [1.807, 2.05) is 0 Å². The Morgan fingerprint density at radius 2 is 1.59 bits per heavy atom. The molecule has 1 aliphatic heterocycles. The number of rotatable bonds is 3. The maximum Gasteiger partial charge on any atom is 0.271 e. The predicted octanol–water partition coefficient (Wildman–Crippen LogP) is 3.61. The number of amides is 2. The maximum absolute atomic E-state index is 12.0. The fraction of sp³-hybridized carbons (Fsp3) is 0.200. The van der Waals surface area contributed by atoms with Crippen LogP contribution in [0.5, 0.6) is 0 Å². The van der Waals surface area contributed by atoms with Gasteiger partial charge in [-0.3, -0.25) is 9.59 Å². The van der Waals surface area contributed by atoms with Crippen LogP contribution in [0.15, 0.2) is 24.3 Å². The van der Waals surface area contributed by atoms with Gasteiger partial charge in [-0.05, 0) is 24.1 Å². The highest BCUT2D eigenvalue weighted by molar-refractivity contribution is 9.13. The first-order valence-electron chi connectivity index (χ1n) is 4.59. The van der Waals surface area contributed by atoms with Crippen LogP contribution in [-0.2, 0) is 0 Å². The van der Waals surface area contributed by atoms with Crippen molar-refractivity contribution in [1.29, 1.82) is 0 Å². The van der Waals surface area contributed by atoms with E-state index in [1.54, 1.807) is 24.3 Å². The Kier molecular flexibility index (Phi) is 4.18. The van der Waals surface area contributed by atoms with Crippen molar-refractivity contribution in [3.8, 4) is 0 Å². The van der Waals surface area contributed by atoms with Gasteiger partial charge in [-0.25, -0.2) is 4.31 Å². The van der Waals surface area contributed by atoms with Gasteiger partial charge in [0.25, 0.3) is 11.8 Å². The molecule has 90 valence electrons. The minimum atomic E-state index is -0.378. The Bertz CT molecular complexity index is 448. The number of carbonyl (C=O) groups is 2. The Morgan fingerprint density at radius 3 is 2.00 bits per heavy atom. The smallest absolute Gasteiger partial charge is 0.268 e. The van der Waals surface area contributed by atoms with E-state index in [9.17, 15) is 9.59 Å². The Balaban J connectivity index is 2.25. The normalized spacial score (nSPS) is 18.2. The molecule has 1 aromatic carbocycles. The molecule has 0 bridgehead atoms. The molecular formula is C10H6Br2ClNO2S. The van der Waals surface area contributed by atoms with Crippen LogP contribution < -0.4 is 0 Å². The third-order valence-corrected chi connectivity index (χ3v) is 6.50. The number of carbonyl (C=O) groups excluding carboxylic acids is 2. The zero-order valence-electron chi connectivity index (χ0n) is 8.27. The Morgan fingerprint density at radius 1 is 1.12 bits per heavy atom. The molecule has 7 heteroatoms. The summed E-state index contributed by atoms with van der Waals surface area (Å²) in [6, 6.07) is 6.76. The summed E-state index contributed by atoms with van der Waals surface area (Å²) >= 11 is 13.3. The standard InChI is InChI=1S/C10H6Br2ClNO2S/c11-7(13)8(12)17-14-9(15)5-3-1-2-4-6(5)10(14)16/h1-4,7-8H. The molecule has 0 aliphatic carbocycles. The van der Waals surface area contributed by atoms with Gasteiger partial charge >= 0.3 is 0 Å². The Hall–Kier alpha value is -0.0400. The molecule has 0 radical (unpaired) electrons. The number of alkyl halides is 3. The highest BCUT2D eigenvalue weighted by atomic mass is 79.9. The van der Waals surface area contributed by atoms with E-state index in [0.29, 0.717) is 11.1 Å². The van der Waals surface area contributed by atoms with E-state index >= 15 is 0 Å². The molecule has 0 aromatic heterocycles. The first-order valence-corrected chi connectivity index (χ1v) is 7.69. The summed E-state index contributed by atoms with van der Waals surface area (Å²) in [6.45, 7) is 0. The molecule has 17 heavy (non-hydrogen) atoms. The molecule has 1 aromatic rings. The third kappa shape index (κ3) is 2.54. The minimum absolute atomic E-state index is 0.272. The SMILES string of the molecule is O=C1c2ccccc2C(=O)N1SC(Br)C(Cl)Br. The van der Waals surface area contributed by atoms with Crippen LogP contribution in [0.3, 0.4) is 0 Å². The van der Waals surface area contributed by atoms with Crippen molar-refractivity contribution in [2.75, 3.05) is 0 Å². The monoisotopic (exact) mass is 397 g/mol. The zero-order valence-corrected chi connectivity index (χ0v) is 13.0. The number of nitrogens with zero attached hydrogens (tertiary/aromatic N) is 1. The van der Waals surface area contributed by atoms with E-state index < -0.39 is 0 Å². The first-order chi connectivity index (χ1) is 8.02. The van der Waals surface area contributed by atoms with E-state index in [4.69, 9.17) is 11.6 Å². The van der Waals surface area contributed by atoms with Crippen LogP contribution in [0, 0.1) is 0 Å². The summed E-state index contributed by atoms with van der Waals surface area (Å²) in [6.07, 6.45) is 0. The van der Waals surface area contributed by atoms with Crippen LogP contribution >= 0.6 is 55.4 Å². The highest BCUT2D eigenvalue weighted by Gasteiger charge is 2.37. The van der Waals surface area contributed by atoms with Gasteiger partial charge in [0.15, 0.2) is 0 Å². The van der Waals surface area contributed by atoms with Crippen molar-refractivity contribution < 1.29 is 9.59 Å². The summed E-state index contributed by atoms with van der Waals surface area (Å²) in [5.41, 5.74) is 0.871. The van der Waals surface area contributed by atoms with Crippen molar-refractivity contribution >= 4 is 67.2 Å². The van der Waals surface area contributed by atoms with Crippen LogP contribution in [0.25, 0.3) is 0 Å². The van der Waals surface area contributed by atoms with Crippen LogP contribution in [-0.4, -0.2) is 24.6 Å². The van der Waals surface area contributed by atoms with Crippen LogP contribution in [0.2, 0.25) is 0 Å². The van der Waals surface area contributed by atoms with E-state index in [-0.39, 0.29) is 20.3 Å². The molecular weight excluding hydrogens is 393 g/mol. The lowest BCUT2D eigenvalue weighted by Crippen LogP contribution is -2.25. The molecule has 1 aliphatic rings. The van der Waals surface area contributed by atoms with Crippen molar-refractivity contribution in [2.24, 2.45) is 0 Å². The summed E-state index contributed by atoms with van der Waals surface area (Å²) in [5.74, 6) is -0.602. The van der Waals surface area contributed by atoms with Crippen LogP contribution in [0.4, 0.5) is 0 Å². The lowest BCUT2D eigenvalue weighted by molar-refractivity contribution is 0.0777. The molecule has 0 spiro atoms. The number of fused-ring (bicyclic) bond motifs is 1. The average Bonchev–Trinajstić information content (AvgIpc) is 2.55. The second-order valence-electron chi connectivity index (χ2n) is 3.24. The molecule has 0 saturated carbocycles. The van der Waals surface area contributed by atoms with E-state index in [0.717, 1.165) is 16.3 Å². The molecule has 2 amide bonds. The van der Waals surface area contributed by atoms with E-state index in [2.05, 4.69) is 31.9 Å². The maximum atomic E-state index is 12.0. The van der Waals surface area contributed by atoms with Gasteiger partial charge in [-0.1, -0.05) is 44.0 Å². The number of halogens is 3. The predicted molar refractivity (Wildman–Crippen MR) is 75.8 cm³/mol. The van der Waals surface area contributed by atoms with Gasteiger partial charge in [-0.15, -0.1) is 11.6 Å². The second kappa shape index (κ2) is 5.30. The number of benzene rings is 1. The van der Waals surface area contributed by atoms with Gasteiger partial charge in [0.1, 0.15) is 8.45 Å². The highest BCUT2D eigenvalue weighted by Crippen LogP contribution is 2.36. The molecule has 0 fully saturated rings. The van der Waals surface area contributed by atoms with Gasteiger partial charge in [-0.2, -0.15) is 0 Å². The number of imide groups is 1. The average molecular weight is 399 g/mol. The van der Waals surface area contributed by atoms with Crippen molar-refractivity contribution in [2.45, 2.75) is 8.45 Å². The first kappa shape index (κ1) is 13.4. The minimum Gasteiger partial charge on any atom is -0.268 e. The topological polar surface area (TPSA) is 37.4 Å². The molecule has 0 saturated heterocycles. The summed E-state index contributed by atoms with van der Waals surface area (Å²) in [4.78, 5) is 23.9. The number of hydrogen-bond donors (Lipinski definition) is 0.